The lowest BCUT2D eigenvalue weighted by molar-refractivity contribution is 0.0206. The standard InChI is InChI=1S/C16H26N2O3S/c1-14-15(13-19)17-4-3-16(14)22-12-2-8-20-9-5-18-6-10-21-11-7-18/h3-4,19H,2,5-13H2,1H3. The van der Waals surface area contributed by atoms with Crippen molar-refractivity contribution in [1.29, 1.82) is 0 Å². The van der Waals surface area contributed by atoms with Gasteiger partial charge in [0.25, 0.3) is 0 Å². The quantitative estimate of drug-likeness (QED) is 0.551. The molecule has 1 N–H and O–H groups in total. The molecule has 1 fully saturated rings. The minimum atomic E-state index is 0.00485. The van der Waals surface area contributed by atoms with Gasteiger partial charge in [-0.3, -0.25) is 9.88 Å². The van der Waals surface area contributed by atoms with Crippen molar-refractivity contribution in [3.05, 3.63) is 23.5 Å². The van der Waals surface area contributed by atoms with Gasteiger partial charge in [0.1, 0.15) is 0 Å². The number of aromatic nitrogens is 1. The number of morpholine rings is 1. The fourth-order valence-corrected chi connectivity index (χ4v) is 3.31. The maximum Gasteiger partial charge on any atom is 0.0856 e. The molecule has 1 aliphatic heterocycles. The zero-order valence-corrected chi connectivity index (χ0v) is 14.1. The van der Waals surface area contributed by atoms with Gasteiger partial charge in [0.15, 0.2) is 0 Å². The zero-order valence-electron chi connectivity index (χ0n) is 13.3. The number of hydrogen-bond acceptors (Lipinski definition) is 6. The maximum absolute atomic E-state index is 9.22. The van der Waals surface area contributed by atoms with Gasteiger partial charge in [0.05, 0.1) is 32.1 Å². The summed E-state index contributed by atoms with van der Waals surface area (Å²) in [5.74, 6) is 1.02. The Kier molecular flexibility index (Phi) is 8.18. The second kappa shape index (κ2) is 10.2. The average Bonchev–Trinajstić information content (AvgIpc) is 2.56. The van der Waals surface area contributed by atoms with Gasteiger partial charge < -0.3 is 14.6 Å². The molecule has 0 atom stereocenters. The highest BCUT2D eigenvalue weighted by Gasteiger charge is 2.09. The minimum absolute atomic E-state index is 0.00485. The van der Waals surface area contributed by atoms with Crippen molar-refractivity contribution < 1.29 is 14.6 Å². The van der Waals surface area contributed by atoms with Gasteiger partial charge in [0, 0.05) is 43.1 Å². The van der Waals surface area contributed by atoms with Crippen molar-refractivity contribution in [2.24, 2.45) is 0 Å². The summed E-state index contributed by atoms with van der Waals surface area (Å²) in [4.78, 5) is 7.75. The molecule has 1 aliphatic rings. The molecular weight excluding hydrogens is 300 g/mol. The van der Waals surface area contributed by atoms with Gasteiger partial charge in [-0.1, -0.05) is 0 Å². The van der Waals surface area contributed by atoms with Crippen LogP contribution in [-0.4, -0.2) is 66.8 Å². The molecule has 0 radical (unpaired) electrons. The van der Waals surface area contributed by atoms with E-state index in [1.54, 1.807) is 18.0 Å². The summed E-state index contributed by atoms with van der Waals surface area (Å²) >= 11 is 1.80. The van der Waals surface area contributed by atoms with E-state index < -0.39 is 0 Å². The topological polar surface area (TPSA) is 54.8 Å². The Morgan fingerprint density at radius 3 is 2.95 bits per heavy atom. The van der Waals surface area contributed by atoms with Crippen molar-refractivity contribution in [3.63, 3.8) is 0 Å². The molecule has 1 aromatic rings. The molecule has 6 heteroatoms. The van der Waals surface area contributed by atoms with E-state index in [0.717, 1.165) is 69.5 Å². The fraction of sp³-hybridized carbons (Fsp3) is 0.688. The number of pyridine rings is 1. The predicted molar refractivity (Wildman–Crippen MR) is 88.3 cm³/mol. The fourth-order valence-electron chi connectivity index (χ4n) is 2.34. The third kappa shape index (κ3) is 5.85. The minimum Gasteiger partial charge on any atom is -0.390 e. The van der Waals surface area contributed by atoms with Crippen molar-refractivity contribution in [2.45, 2.75) is 24.8 Å². The third-order valence-corrected chi connectivity index (χ3v) is 5.00. The summed E-state index contributed by atoms with van der Waals surface area (Å²) in [5, 5.41) is 9.22. The van der Waals surface area contributed by atoms with Crippen LogP contribution in [0, 0.1) is 6.92 Å². The largest absolute Gasteiger partial charge is 0.390 e. The van der Waals surface area contributed by atoms with Crippen LogP contribution in [0.15, 0.2) is 17.2 Å². The summed E-state index contributed by atoms with van der Waals surface area (Å²) in [7, 11) is 0. The van der Waals surface area contributed by atoms with Crippen LogP contribution in [0.4, 0.5) is 0 Å². The number of aliphatic hydroxyl groups excluding tert-OH is 1. The van der Waals surface area contributed by atoms with Gasteiger partial charge >= 0.3 is 0 Å². The lowest BCUT2D eigenvalue weighted by atomic mass is 10.2. The molecule has 5 nitrogen and oxygen atoms in total. The summed E-state index contributed by atoms with van der Waals surface area (Å²) in [6.07, 6.45) is 2.80. The second-order valence-electron chi connectivity index (χ2n) is 5.31. The van der Waals surface area contributed by atoms with Crippen LogP contribution >= 0.6 is 11.8 Å². The molecule has 2 rings (SSSR count). The summed E-state index contributed by atoms with van der Waals surface area (Å²) in [6.45, 7) is 8.35. The summed E-state index contributed by atoms with van der Waals surface area (Å²) < 4.78 is 11.0. The van der Waals surface area contributed by atoms with Crippen molar-refractivity contribution in [1.82, 2.24) is 9.88 Å². The normalized spacial score (nSPS) is 16.1. The first-order valence-corrected chi connectivity index (χ1v) is 8.86. The molecule has 124 valence electrons. The predicted octanol–water partition coefficient (Wildman–Crippen LogP) is 1.71. The van der Waals surface area contributed by atoms with Crippen molar-refractivity contribution >= 4 is 11.8 Å². The molecule has 1 saturated heterocycles. The van der Waals surface area contributed by atoms with Crippen LogP contribution in [0.1, 0.15) is 17.7 Å². The molecule has 0 saturated carbocycles. The Labute approximate surface area is 137 Å². The van der Waals surface area contributed by atoms with Gasteiger partial charge in [-0.15, -0.1) is 11.8 Å². The van der Waals surface area contributed by atoms with E-state index in [-0.39, 0.29) is 6.61 Å². The Bertz CT molecular complexity index is 439. The average molecular weight is 326 g/mol. The van der Waals surface area contributed by atoms with Crippen LogP contribution in [0.2, 0.25) is 0 Å². The van der Waals surface area contributed by atoms with Crippen molar-refractivity contribution in [2.75, 3.05) is 51.8 Å². The maximum atomic E-state index is 9.22. The Hall–Kier alpha value is -0.660. The van der Waals surface area contributed by atoms with Crippen LogP contribution in [0.3, 0.4) is 0 Å². The molecule has 22 heavy (non-hydrogen) atoms. The highest BCUT2D eigenvalue weighted by atomic mass is 32.2. The summed E-state index contributed by atoms with van der Waals surface area (Å²) in [5.41, 5.74) is 1.86. The first-order valence-electron chi connectivity index (χ1n) is 7.87. The molecule has 0 aliphatic carbocycles. The lowest BCUT2D eigenvalue weighted by Crippen LogP contribution is -2.38. The van der Waals surface area contributed by atoms with Crippen LogP contribution < -0.4 is 0 Å². The molecule has 0 amide bonds. The monoisotopic (exact) mass is 326 g/mol. The van der Waals surface area contributed by atoms with E-state index in [9.17, 15) is 5.11 Å². The van der Waals surface area contributed by atoms with Crippen LogP contribution in [0.5, 0.6) is 0 Å². The van der Waals surface area contributed by atoms with E-state index in [1.165, 1.54) is 4.90 Å². The smallest absolute Gasteiger partial charge is 0.0856 e. The first kappa shape index (κ1) is 17.7. The van der Waals surface area contributed by atoms with Crippen LogP contribution in [0.25, 0.3) is 0 Å². The number of thioether (sulfide) groups is 1. The van der Waals surface area contributed by atoms with E-state index in [1.807, 2.05) is 13.0 Å². The molecule has 1 aromatic heterocycles. The number of hydrogen-bond donors (Lipinski definition) is 1. The second-order valence-corrected chi connectivity index (χ2v) is 6.44. The molecule has 0 aromatic carbocycles. The third-order valence-electron chi connectivity index (χ3n) is 3.75. The highest BCUT2D eigenvalue weighted by Crippen LogP contribution is 2.24. The SMILES string of the molecule is Cc1c(SCCCOCCN2CCOCC2)ccnc1CO. The molecule has 0 unspecified atom stereocenters. The summed E-state index contributed by atoms with van der Waals surface area (Å²) in [6, 6.07) is 2.01. The van der Waals surface area contributed by atoms with Gasteiger partial charge in [0.2, 0.25) is 0 Å². The lowest BCUT2D eigenvalue weighted by Gasteiger charge is -2.26. The molecule has 2 heterocycles. The van der Waals surface area contributed by atoms with E-state index in [2.05, 4.69) is 9.88 Å². The van der Waals surface area contributed by atoms with E-state index >= 15 is 0 Å². The highest BCUT2D eigenvalue weighted by molar-refractivity contribution is 7.99. The van der Waals surface area contributed by atoms with Crippen LogP contribution in [-0.2, 0) is 16.1 Å². The van der Waals surface area contributed by atoms with E-state index in [4.69, 9.17) is 9.47 Å². The Morgan fingerprint density at radius 2 is 2.18 bits per heavy atom. The number of nitrogens with zero attached hydrogens (tertiary/aromatic N) is 2. The number of ether oxygens (including phenoxy) is 2. The number of aliphatic hydroxyl groups is 1. The number of rotatable bonds is 9. The Morgan fingerprint density at radius 1 is 1.36 bits per heavy atom. The molecular formula is C16H26N2O3S. The van der Waals surface area contributed by atoms with Gasteiger partial charge in [-0.2, -0.15) is 0 Å². The van der Waals surface area contributed by atoms with E-state index in [0.29, 0.717) is 0 Å². The van der Waals surface area contributed by atoms with Gasteiger partial charge in [-0.05, 0) is 25.0 Å². The zero-order chi connectivity index (χ0) is 15.6. The Balaban J connectivity index is 1.54. The first-order chi connectivity index (χ1) is 10.8. The molecule has 0 bridgehead atoms. The molecule has 0 spiro atoms. The van der Waals surface area contributed by atoms with Crippen molar-refractivity contribution in [3.8, 4) is 0 Å². The van der Waals surface area contributed by atoms with Gasteiger partial charge in [-0.25, -0.2) is 0 Å².